The SMILES string of the molecule is CNC1[C@@H](O)C(O)OC[C@]1(C)O. The van der Waals surface area contributed by atoms with E-state index in [1.54, 1.807) is 14.0 Å². The zero-order chi connectivity index (χ0) is 9.35. The number of rotatable bonds is 1. The molecule has 1 fully saturated rings. The first-order valence-electron chi connectivity index (χ1n) is 3.86. The van der Waals surface area contributed by atoms with Crippen molar-refractivity contribution in [3.05, 3.63) is 0 Å². The maximum atomic E-state index is 9.66. The van der Waals surface area contributed by atoms with Crippen LogP contribution >= 0.6 is 0 Å². The van der Waals surface area contributed by atoms with Crippen molar-refractivity contribution in [1.29, 1.82) is 0 Å². The van der Waals surface area contributed by atoms with Gasteiger partial charge in [-0.2, -0.15) is 0 Å². The van der Waals surface area contributed by atoms with Gasteiger partial charge in [-0.25, -0.2) is 0 Å². The van der Waals surface area contributed by atoms with Gasteiger partial charge in [-0.3, -0.25) is 0 Å². The Hall–Kier alpha value is -0.200. The molecule has 12 heavy (non-hydrogen) atoms. The van der Waals surface area contributed by atoms with Crippen LogP contribution in [0.5, 0.6) is 0 Å². The van der Waals surface area contributed by atoms with Crippen LogP contribution in [0.25, 0.3) is 0 Å². The largest absolute Gasteiger partial charge is 0.386 e. The van der Waals surface area contributed by atoms with E-state index in [0.717, 1.165) is 0 Å². The molecule has 0 amide bonds. The fourth-order valence-electron chi connectivity index (χ4n) is 1.46. The number of hydrogen-bond acceptors (Lipinski definition) is 5. The highest BCUT2D eigenvalue weighted by molar-refractivity contribution is 4.96. The van der Waals surface area contributed by atoms with Crippen LogP contribution in [0.15, 0.2) is 0 Å². The molecule has 0 radical (unpaired) electrons. The Bertz CT molecular complexity index is 161. The Morgan fingerprint density at radius 2 is 2.08 bits per heavy atom. The Balaban J connectivity index is 2.72. The molecule has 4 atom stereocenters. The zero-order valence-electron chi connectivity index (χ0n) is 7.19. The minimum absolute atomic E-state index is 0.0106. The molecule has 72 valence electrons. The molecule has 4 N–H and O–H groups in total. The predicted octanol–water partition coefficient (Wildman–Crippen LogP) is -1.97. The highest BCUT2D eigenvalue weighted by Gasteiger charge is 2.44. The van der Waals surface area contributed by atoms with Gasteiger partial charge >= 0.3 is 0 Å². The van der Waals surface area contributed by atoms with E-state index in [2.05, 4.69) is 5.32 Å². The number of likely N-dealkylation sites (N-methyl/N-ethyl adjacent to an activating group) is 1. The molecule has 0 saturated carbocycles. The summed E-state index contributed by atoms with van der Waals surface area (Å²) in [6, 6.07) is -0.568. The van der Waals surface area contributed by atoms with Crippen molar-refractivity contribution in [2.75, 3.05) is 13.7 Å². The lowest BCUT2D eigenvalue weighted by Gasteiger charge is -2.42. The van der Waals surface area contributed by atoms with Gasteiger partial charge in [0.1, 0.15) is 11.7 Å². The monoisotopic (exact) mass is 177 g/mol. The average Bonchev–Trinajstić information content (AvgIpc) is 1.99. The second-order valence-electron chi connectivity index (χ2n) is 3.32. The summed E-state index contributed by atoms with van der Waals surface area (Å²) in [6.07, 6.45) is -2.32. The van der Waals surface area contributed by atoms with Gasteiger partial charge < -0.3 is 25.4 Å². The lowest BCUT2D eigenvalue weighted by molar-refractivity contribution is -0.248. The number of ether oxygens (including phenoxy) is 1. The molecular formula is C7H15NO4. The van der Waals surface area contributed by atoms with Gasteiger partial charge in [-0.15, -0.1) is 0 Å². The minimum atomic E-state index is -1.22. The van der Waals surface area contributed by atoms with E-state index in [-0.39, 0.29) is 6.61 Å². The summed E-state index contributed by atoms with van der Waals surface area (Å²) in [5, 5.41) is 30.9. The lowest BCUT2D eigenvalue weighted by atomic mass is 9.90. The molecule has 0 aliphatic carbocycles. The minimum Gasteiger partial charge on any atom is -0.386 e. The van der Waals surface area contributed by atoms with E-state index >= 15 is 0 Å². The number of aliphatic hydroxyl groups is 3. The molecule has 1 aliphatic heterocycles. The van der Waals surface area contributed by atoms with E-state index in [1.807, 2.05) is 0 Å². The molecule has 0 aromatic heterocycles. The quantitative estimate of drug-likeness (QED) is 0.374. The van der Waals surface area contributed by atoms with Crippen molar-refractivity contribution < 1.29 is 20.1 Å². The molecule has 5 nitrogen and oxygen atoms in total. The van der Waals surface area contributed by atoms with Crippen molar-refractivity contribution in [2.45, 2.75) is 31.0 Å². The molecular weight excluding hydrogens is 162 g/mol. The Morgan fingerprint density at radius 3 is 2.50 bits per heavy atom. The second kappa shape index (κ2) is 3.27. The topological polar surface area (TPSA) is 82.0 Å². The summed E-state index contributed by atoms with van der Waals surface area (Å²) in [5.74, 6) is 0. The van der Waals surface area contributed by atoms with Gasteiger partial charge in [-0.05, 0) is 14.0 Å². The molecule has 1 rings (SSSR count). The Labute approximate surface area is 71.0 Å². The van der Waals surface area contributed by atoms with Crippen LogP contribution in [0, 0.1) is 0 Å². The molecule has 0 spiro atoms. The summed E-state index contributed by atoms with van der Waals surface area (Å²) < 4.78 is 4.75. The van der Waals surface area contributed by atoms with Crippen molar-refractivity contribution in [1.82, 2.24) is 5.32 Å². The van der Waals surface area contributed by atoms with E-state index < -0.39 is 24.0 Å². The van der Waals surface area contributed by atoms with Crippen LogP contribution in [-0.2, 0) is 4.74 Å². The molecule has 0 aromatic rings. The number of hydrogen-bond donors (Lipinski definition) is 4. The first kappa shape index (κ1) is 9.88. The lowest BCUT2D eigenvalue weighted by Crippen LogP contribution is -2.64. The third kappa shape index (κ3) is 1.60. The van der Waals surface area contributed by atoms with Crippen LogP contribution < -0.4 is 5.32 Å². The highest BCUT2D eigenvalue weighted by atomic mass is 16.6. The summed E-state index contributed by atoms with van der Waals surface area (Å²) in [7, 11) is 1.61. The van der Waals surface area contributed by atoms with Gasteiger partial charge in [-0.1, -0.05) is 0 Å². The Kier molecular flexibility index (Phi) is 2.70. The van der Waals surface area contributed by atoms with E-state index in [1.165, 1.54) is 0 Å². The van der Waals surface area contributed by atoms with Gasteiger partial charge in [0.05, 0.1) is 12.6 Å². The first-order chi connectivity index (χ1) is 5.49. The summed E-state index contributed by atoms with van der Waals surface area (Å²) in [6.45, 7) is 1.56. The fraction of sp³-hybridized carbons (Fsp3) is 1.00. The van der Waals surface area contributed by atoms with Crippen molar-refractivity contribution in [2.24, 2.45) is 0 Å². The highest BCUT2D eigenvalue weighted by Crippen LogP contribution is 2.22. The van der Waals surface area contributed by atoms with Gasteiger partial charge in [0.15, 0.2) is 6.29 Å². The number of aliphatic hydroxyl groups excluding tert-OH is 2. The first-order valence-corrected chi connectivity index (χ1v) is 3.86. The molecule has 5 heteroatoms. The van der Waals surface area contributed by atoms with Crippen LogP contribution in [0.3, 0.4) is 0 Å². The Morgan fingerprint density at radius 1 is 1.50 bits per heavy atom. The average molecular weight is 177 g/mol. The number of nitrogens with one attached hydrogen (secondary N) is 1. The molecule has 1 aliphatic rings. The molecule has 0 bridgehead atoms. The van der Waals surface area contributed by atoms with E-state index in [9.17, 15) is 10.2 Å². The standard InChI is InChI=1S/C7H15NO4/c1-7(11)3-12-6(10)4(9)5(7)8-2/h4-6,8-11H,3H2,1-2H3/t4-,5?,6?,7+/m1/s1. The third-order valence-electron chi connectivity index (χ3n) is 2.16. The zero-order valence-corrected chi connectivity index (χ0v) is 7.19. The van der Waals surface area contributed by atoms with Crippen LogP contribution in [0.1, 0.15) is 6.92 Å². The summed E-state index contributed by atoms with van der Waals surface area (Å²) >= 11 is 0. The molecule has 0 aromatic carbocycles. The smallest absolute Gasteiger partial charge is 0.182 e. The maximum Gasteiger partial charge on any atom is 0.182 e. The molecule has 1 saturated heterocycles. The summed E-state index contributed by atoms with van der Waals surface area (Å²) in [5.41, 5.74) is -1.15. The van der Waals surface area contributed by atoms with Crippen molar-refractivity contribution >= 4 is 0 Å². The predicted molar refractivity (Wildman–Crippen MR) is 41.4 cm³/mol. The second-order valence-corrected chi connectivity index (χ2v) is 3.32. The van der Waals surface area contributed by atoms with Gasteiger partial charge in [0, 0.05) is 0 Å². The van der Waals surface area contributed by atoms with Gasteiger partial charge in [0.2, 0.25) is 0 Å². The summed E-state index contributed by atoms with van der Waals surface area (Å²) in [4.78, 5) is 0. The van der Waals surface area contributed by atoms with Crippen molar-refractivity contribution in [3.63, 3.8) is 0 Å². The maximum absolute atomic E-state index is 9.66. The third-order valence-corrected chi connectivity index (χ3v) is 2.16. The van der Waals surface area contributed by atoms with E-state index in [4.69, 9.17) is 9.84 Å². The van der Waals surface area contributed by atoms with Crippen LogP contribution in [-0.4, -0.2) is 53.0 Å². The molecule has 2 unspecified atom stereocenters. The van der Waals surface area contributed by atoms with Crippen molar-refractivity contribution in [3.8, 4) is 0 Å². The van der Waals surface area contributed by atoms with Gasteiger partial charge in [0.25, 0.3) is 0 Å². The van der Waals surface area contributed by atoms with Crippen LogP contribution in [0.4, 0.5) is 0 Å². The molecule has 1 heterocycles. The van der Waals surface area contributed by atoms with E-state index in [0.29, 0.717) is 0 Å². The normalized spacial score (nSPS) is 49.2. The van der Waals surface area contributed by atoms with Crippen LogP contribution in [0.2, 0.25) is 0 Å². The fourth-order valence-corrected chi connectivity index (χ4v) is 1.46.